The molecule has 1 saturated heterocycles. The Balaban J connectivity index is 1.27. The zero-order valence-electron chi connectivity index (χ0n) is 18.4. The van der Waals surface area contributed by atoms with E-state index in [1.54, 1.807) is 11.3 Å². The second-order valence-corrected chi connectivity index (χ2v) is 9.81. The number of thiophene rings is 2. The molecule has 1 fully saturated rings. The van der Waals surface area contributed by atoms with Crippen LogP contribution in [-0.4, -0.2) is 53.1 Å². The first kappa shape index (κ1) is 21.8. The Bertz CT molecular complexity index is 1300. The zero-order chi connectivity index (χ0) is 22.8. The van der Waals surface area contributed by atoms with E-state index in [0.29, 0.717) is 15.9 Å². The van der Waals surface area contributed by atoms with Gasteiger partial charge in [0, 0.05) is 53.4 Å². The number of fused-ring (bicyclic) bond motifs is 1. The zero-order valence-corrected chi connectivity index (χ0v) is 20.0. The molecule has 3 aromatic heterocycles. The van der Waals surface area contributed by atoms with Gasteiger partial charge in [0.25, 0.3) is 5.56 Å². The molecular weight excluding hydrogens is 454 g/mol. The van der Waals surface area contributed by atoms with Gasteiger partial charge in [0.1, 0.15) is 11.4 Å². The summed E-state index contributed by atoms with van der Waals surface area (Å²) >= 11 is 3.03. The third-order valence-corrected chi connectivity index (χ3v) is 7.79. The number of piperazine rings is 1. The average molecular weight is 480 g/mol. The van der Waals surface area contributed by atoms with Gasteiger partial charge >= 0.3 is 0 Å². The van der Waals surface area contributed by atoms with Gasteiger partial charge in [-0.2, -0.15) is 0 Å². The van der Waals surface area contributed by atoms with Crippen LogP contribution in [0.2, 0.25) is 0 Å². The van der Waals surface area contributed by atoms with Crippen molar-refractivity contribution in [1.82, 2.24) is 14.5 Å². The Morgan fingerprint density at radius 3 is 2.58 bits per heavy atom. The highest BCUT2D eigenvalue weighted by atomic mass is 32.1. The summed E-state index contributed by atoms with van der Waals surface area (Å²) in [5, 5.41) is 7.41. The van der Waals surface area contributed by atoms with Crippen molar-refractivity contribution >= 4 is 50.2 Å². The smallest absolute Gasteiger partial charge is 0.263 e. The van der Waals surface area contributed by atoms with Gasteiger partial charge in [-0.05, 0) is 42.3 Å². The number of hydrogen-bond donors (Lipinski definition) is 1. The summed E-state index contributed by atoms with van der Waals surface area (Å²) in [6.45, 7) is 7.36. The summed E-state index contributed by atoms with van der Waals surface area (Å²) in [6, 6.07) is 11.9. The number of carbonyl (C=O) groups is 1. The summed E-state index contributed by atoms with van der Waals surface area (Å²) in [5.74, 6) is -0.254. The van der Waals surface area contributed by atoms with Gasteiger partial charge in [-0.15, -0.1) is 22.7 Å². The highest BCUT2D eigenvalue weighted by molar-refractivity contribution is 7.18. The minimum absolute atomic E-state index is 0.0811. The van der Waals surface area contributed by atoms with Crippen molar-refractivity contribution in [2.75, 3.05) is 42.9 Å². The van der Waals surface area contributed by atoms with E-state index in [0.717, 1.165) is 48.9 Å². The molecule has 170 valence electrons. The summed E-state index contributed by atoms with van der Waals surface area (Å²) in [4.78, 5) is 36.7. The lowest BCUT2D eigenvalue weighted by atomic mass is 10.2. The third kappa shape index (κ3) is 4.57. The van der Waals surface area contributed by atoms with Crippen LogP contribution in [0.1, 0.15) is 6.92 Å². The molecule has 0 saturated carbocycles. The number of benzene rings is 1. The largest absolute Gasteiger partial charge is 0.369 e. The van der Waals surface area contributed by atoms with Crippen molar-refractivity contribution in [3.63, 3.8) is 0 Å². The molecule has 33 heavy (non-hydrogen) atoms. The van der Waals surface area contributed by atoms with Gasteiger partial charge in [0.2, 0.25) is 5.91 Å². The number of amides is 1. The number of rotatable bonds is 6. The Morgan fingerprint density at radius 1 is 1.09 bits per heavy atom. The molecule has 0 radical (unpaired) electrons. The van der Waals surface area contributed by atoms with Gasteiger partial charge in [0.15, 0.2) is 0 Å². The minimum atomic E-state index is -0.254. The van der Waals surface area contributed by atoms with E-state index in [1.165, 1.54) is 22.2 Å². The summed E-state index contributed by atoms with van der Waals surface area (Å²) in [7, 11) is 0. The number of hydrogen-bond acceptors (Lipinski definition) is 7. The molecule has 5 rings (SSSR count). The standard InChI is InChI=1S/C24H25N5O2S2/c1-2-27-9-11-28(12-10-27)18-7-5-17(6-8-18)26-21(30)14-29-16-25-23-22(24(29)31)19(15-33-23)20-4-3-13-32-20/h3-8,13,15-16H,2,9-12,14H2,1H3,(H,26,30). The van der Waals surface area contributed by atoms with Gasteiger partial charge in [-0.25, -0.2) is 4.98 Å². The molecular formula is C24H25N5O2S2. The molecule has 1 aliphatic rings. The molecule has 7 nitrogen and oxygen atoms in total. The first-order valence-corrected chi connectivity index (χ1v) is 12.8. The van der Waals surface area contributed by atoms with Gasteiger partial charge in [0.05, 0.1) is 11.7 Å². The molecule has 1 aromatic carbocycles. The van der Waals surface area contributed by atoms with Crippen LogP contribution in [0.5, 0.6) is 0 Å². The number of aromatic nitrogens is 2. The van der Waals surface area contributed by atoms with Gasteiger partial charge in [-0.3, -0.25) is 14.2 Å². The predicted molar refractivity (Wildman–Crippen MR) is 137 cm³/mol. The molecule has 4 aromatic rings. The molecule has 9 heteroatoms. The third-order valence-electron chi connectivity index (χ3n) is 6.00. The minimum Gasteiger partial charge on any atom is -0.369 e. The maximum atomic E-state index is 13.1. The van der Waals surface area contributed by atoms with Crippen LogP contribution >= 0.6 is 22.7 Å². The lowest BCUT2D eigenvalue weighted by Crippen LogP contribution is -2.46. The fourth-order valence-corrected chi connectivity index (χ4v) is 5.85. The van der Waals surface area contributed by atoms with Crippen LogP contribution in [0.25, 0.3) is 20.7 Å². The van der Waals surface area contributed by atoms with E-state index in [1.807, 2.05) is 47.2 Å². The number of anilines is 2. The van der Waals surface area contributed by atoms with Crippen LogP contribution in [0.4, 0.5) is 11.4 Å². The lowest BCUT2D eigenvalue weighted by Gasteiger charge is -2.35. The maximum Gasteiger partial charge on any atom is 0.263 e. The van der Waals surface area contributed by atoms with E-state index >= 15 is 0 Å². The fraction of sp³-hybridized carbons (Fsp3) is 0.292. The van der Waals surface area contributed by atoms with E-state index in [9.17, 15) is 9.59 Å². The van der Waals surface area contributed by atoms with Crippen molar-refractivity contribution in [1.29, 1.82) is 0 Å². The van der Waals surface area contributed by atoms with E-state index in [2.05, 4.69) is 27.0 Å². The fourth-order valence-electron chi connectivity index (χ4n) is 4.13. The highest BCUT2D eigenvalue weighted by Crippen LogP contribution is 2.33. The molecule has 1 amide bonds. The van der Waals surface area contributed by atoms with Crippen LogP contribution in [0.3, 0.4) is 0 Å². The number of carbonyl (C=O) groups excluding carboxylic acids is 1. The predicted octanol–water partition coefficient (Wildman–Crippen LogP) is 3.97. The highest BCUT2D eigenvalue weighted by Gasteiger charge is 2.17. The molecule has 0 aliphatic carbocycles. The maximum absolute atomic E-state index is 13.1. The van der Waals surface area contributed by atoms with Crippen LogP contribution in [-0.2, 0) is 11.3 Å². The quantitative estimate of drug-likeness (QED) is 0.453. The second-order valence-electron chi connectivity index (χ2n) is 8.00. The van der Waals surface area contributed by atoms with Crippen molar-refractivity contribution in [3.05, 3.63) is 63.8 Å². The summed E-state index contributed by atoms with van der Waals surface area (Å²) in [6.07, 6.45) is 1.46. The van der Waals surface area contributed by atoms with E-state index in [-0.39, 0.29) is 18.0 Å². The Morgan fingerprint density at radius 2 is 1.88 bits per heavy atom. The second kappa shape index (κ2) is 9.46. The first-order chi connectivity index (χ1) is 16.1. The van der Waals surface area contributed by atoms with Crippen LogP contribution in [0, 0.1) is 0 Å². The van der Waals surface area contributed by atoms with E-state index < -0.39 is 0 Å². The van der Waals surface area contributed by atoms with Crippen molar-refractivity contribution in [2.24, 2.45) is 0 Å². The molecule has 0 atom stereocenters. The van der Waals surface area contributed by atoms with Crippen molar-refractivity contribution in [3.8, 4) is 10.4 Å². The van der Waals surface area contributed by atoms with Crippen LogP contribution in [0.15, 0.2) is 58.3 Å². The molecule has 0 spiro atoms. The molecule has 4 heterocycles. The normalized spacial score (nSPS) is 14.6. The molecule has 0 unspecified atom stereocenters. The topological polar surface area (TPSA) is 70.5 Å². The van der Waals surface area contributed by atoms with Gasteiger partial charge in [-0.1, -0.05) is 13.0 Å². The summed E-state index contributed by atoms with van der Waals surface area (Å²) in [5.41, 5.74) is 2.56. The first-order valence-electron chi connectivity index (χ1n) is 11.0. The number of nitrogens with one attached hydrogen (secondary N) is 1. The molecule has 1 N–H and O–H groups in total. The Kier molecular flexibility index (Phi) is 6.26. The summed E-state index contributed by atoms with van der Waals surface area (Å²) < 4.78 is 1.38. The van der Waals surface area contributed by atoms with Crippen molar-refractivity contribution < 1.29 is 4.79 Å². The number of nitrogens with zero attached hydrogens (tertiary/aromatic N) is 4. The monoisotopic (exact) mass is 479 g/mol. The van der Waals surface area contributed by atoms with Gasteiger partial charge < -0.3 is 15.1 Å². The van der Waals surface area contributed by atoms with Crippen LogP contribution < -0.4 is 15.8 Å². The Labute approximate surface area is 199 Å². The lowest BCUT2D eigenvalue weighted by molar-refractivity contribution is -0.116. The SMILES string of the molecule is CCN1CCN(c2ccc(NC(=O)Cn3cnc4scc(-c5cccs5)c4c3=O)cc2)CC1. The molecule has 0 bridgehead atoms. The molecule has 1 aliphatic heterocycles. The Hall–Kier alpha value is -3.01. The average Bonchev–Trinajstić information content (AvgIpc) is 3.52. The number of likely N-dealkylation sites (N-methyl/N-ethyl adjacent to an activating group) is 1. The van der Waals surface area contributed by atoms with E-state index in [4.69, 9.17) is 0 Å². The van der Waals surface area contributed by atoms with Crippen molar-refractivity contribution in [2.45, 2.75) is 13.5 Å².